The Bertz CT molecular complexity index is 665. The van der Waals surface area contributed by atoms with E-state index in [1.807, 2.05) is 12.1 Å². The van der Waals surface area contributed by atoms with E-state index in [-0.39, 0.29) is 0 Å². The molecule has 2 aromatic carbocycles. The first-order chi connectivity index (χ1) is 10.2. The molecule has 110 valence electrons. The molecule has 0 atom stereocenters. The molecular formula is C18H21NO2. The molecule has 0 saturated heterocycles. The number of hydrogen-bond donors (Lipinski definition) is 1. The van der Waals surface area contributed by atoms with Crippen LogP contribution in [0.3, 0.4) is 0 Å². The van der Waals surface area contributed by atoms with Gasteiger partial charge in [-0.2, -0.15) is 0 Å². The Labute approximate surface area is 125 Å². The molecule has 1 aliphatic rings. The van der Waals surface area contributed by atoms with Gasteiger partial charge in [-0.05, 0) is 42.6 Å². The van der Waals surface area contributed by atoms with Crippen LogP contribution in [0, 0.1) is 6.92 Å². The molecule has 0 bridgehead atoms. The molecule has 3 nitrogen and oxygen atoms in total. The molecule has 0 amide bonds. The van der Waals surface area contributed by atoms with Crippen molar-refractivity contribution in [3.8, 4) is 22.6 Å². The van der Waals surface area contributed by atoms with Crippen LogP contribution in [0.25, 0.3) is 11.1 Å². The molecule has 0 fully saturated rings. The number of para-hydroxylation sites is 1. The smallest absolute Gasteiger partial charge is 0.168 e. The van der Waals surface area contributed by atoms with Crippen molar-refractivity contribution >= 4 is 0 Å². The van der Waals surface area contributed by atoms with Gasteiger partial charge >= 0.3 is 0 Å². The van der Waals surface area contributed by atoms with Crippen LogP contribution >= 0.6 is 0 Å². The van der Waals surface area contributed by atoms with Gasteiger partial charge in [0.15, 0.2) is 11.5 Å². The topological polar surface area (TPSA) is 30.5 Å². The normalized spacial score (nSPS) is 13.7. The fourth-order valence-electron chi connectivity index (χ4n) is 3.12. The minimum absolute atomic E-state index is 0.777. The highest BCUT2D eigenvalue weighted by molar-refractivity contribution is 5.78. The first kappa shape index (κ1) is 14.0. The van der Waals surface area contributed by atoms with E-state index in [4.69, 9.17) is 9.47 Å². The van der Waals surface area contributed by atoms with Gasteiger partial charge in [0.25, 0.3) is 0 Å². The molecule has 3 rings (SSSR count). The number of rotatable bonds is 3. The Morgan fingerprint density at radius 3 is 2.67 bits per heavy atom. The van der Waals surface area contributed by atoms with Crippen LogP contribution in [0.5, 0.6) is 11.5 Å². The van der Waals surface area contributed by atoms with Crippen molar-refractivity contribution in [3.05, 3.63) is 47.0 Å². The third-order valence-electron chi connectivity index (χ3n) is 4.05. The Hall–Kier alpha value is -2.00. The Kier molecular flexibility index (Phi) is 3.84. The van der Waals surface area contributed by atoms with Gasteiger partial charge in [-0.15, -0.1) is 0 Å². The summed E-state index contributed by atoms with van der Waals surface area (Å²) >= 11 is 0. The van der Waals surface area contributed by atoms with E-state index in [0.717, 1.165) is 36.6 Å². The average molecular weight is 283 g/mol. The summed E-state index contributed by atoms with van der Waals surface area (Å²) in [6.45, 7) is 4.11. The number of methoxy groups -OCH3 is 2. The summed E-state index contributed by atoms with van der Waals surface area (Å²) in [4.78, 5) is 0. The fourth-order valence-corrected chi connectivity index (χ4v) is 3.12. The van der Waals surface area contributed by atoms with Crippen molar-refractivity contribution in [2.45, 2.75) is 19.9 Å². The van der Waals surface area contributed by atoms with E-state index in [1.54, 1.807) is 14.2 Å². The van der Waals surface area contributed by atoms with Crippen LogP contribution in [-0.2, 0) is 13.0 Å². The van der Waals surface area contributed by atoms with Crippen LogP contribution in [0.15, 0.2) is 30.3 Å². The van der Waals surface area contributed by atoms with Gasteiger partial charge in [0.1, 0.15) is 0 Å². The zero-order valence-electron chi connectivity index (χ0n) is 12.8. The summed E-state index contributed by atoms with van der Waals surface area (Å²) < 4.78 is 11.0. The summed E-state index contributed by atoms with van der Waals surface area (Å²) in [6, 6.07) is 10.6. The molecule has 21 heavy (non-hydrogen) atoms. The number of nitrogens with one attached hydrogen (secondary N) is 1. The molecule has 3 heteroatoms. The summed E-state index contributed by atoms with van der Waals surface area (Å²) in [5.74, 6) is 1.59. The lowest BCUT2D eigenvalue weighted by Crippen LogP contribution is -2.24. The molecule has 1 aliphatic heterocycles. The second kappa shape index (κ2) is 5.78. The molecule has 0 aromatic heterocycles. The molecule has 2 aromatic rings. The lowest BCUT2D eigenvalue weighted by Gasteiger charge is -2.23. The first-order valence-electron chi connectivity index (χ1n) is 7.29. The quantitative estimate of drug-likeness (QED) is 0.937. The van der Waals surface area contributed by atoms with Crippen molar-refractivity contribution in [2.75, 3.05) is 20.8 Å². The Morgan fingerprint density at radius 2 is 1.90 bits per heavy atom. The van der Waals surface area contributed by atoms with E-state index in [0.29, 0.717) is 0 Å². The third kappa shape index (κ3) is 2.49. The highest BCUT2D eigenvalue weighted by atomic mass is 16.5. The maximum atomic E-state index is 5.61. The van der Waals surface area contributed by atoms with E-state index >= 15 is 0 Å². The monoisotopic (exact) mass is 283 g/mol. The van der Waals surface area contributed by atoms with E-state index in [2.05, 4.69) is 30.4 Å². The van der Waals surface area contributed by atoms with Crippen LogP contribution in [0.4, 0.5) is 0 Å². The largest absolute Gasteiger partial charge is 0.493 e. The first-order valence-corrected chi connectivity index (χ1v) is 7.29. The second-order valence-corrected chi connectivity index (χ2v) is 5.42. The van der Waals surface area contributed by atoms with E-state index in [9.17, 15) is 0 Å². The molecule has 0 radical (unpaired) electrons. The van der Waals surface area contributed by atoms with Gasteiger partial charge in [0, 0.05) is 12.1 Å². The molecule has 0 saturated carbocycles. The SMILES string of the molecule is COc1cccc(-c2cc(C)cc3c2CCNC3)c1OC. The molecule has 0 unspecified atom stereocenters. The predicted octanol–water partition coefficient (Wildman–Crippen LogP) is 3.32. The third-order valence-corrected chi connectivity index (χ3v) is 4.05. The average Bonchev–Trinajstić information content (AvgIpc) is 2.53. The molecule has 1 N–H and O–H groups in total. The maximum absolute atomic E-state index is 5.61. The van der Waals surface area contributed by atoms with Crippen molar-refractivity contribution in [3.63, 3.8) is 0 Å². The van der Waals surface area contributed by atoms with Gasteiger partial charge in [-0.3, -0.25) is 0 Å². The molecule has 0 aliphatic carbocycles. The lowest BCUT2D eigenvalue weighted by molar-refractivity contribution is 0.356. The summed E-state index contributed by atoms with van der Waals surface area (Å²) in [5.41, 5.74) is 6.46. The standard InChI is InChI=1S/C18H21NO2/c1-12-9-13-11-19-8-7-14(13)16(10-12)15-5-4-6-17(20-2)18(15)21-3/h4-6,9-10,19H,7-8,11H2,1-3H3. The number of benzene rings is 2. The van der Waals surface area contributed by atoms with Gasteiger partial charge in [-0.25, -0.2) is 0 Å². The predicted molar refractivity (Wildman–Crippen MR) is 85.1 cm³/mol. The zero-order valence-corrected chi connectivity index (χ0v) is 12.8. The maximum Gasteiger partial charge on any atom is 0.168 e. The van der Waals surface area contributed by atoms with Crippen LogP contribution in [0.2, 0.25) is 0 Å². The fraction of sp³-hybridized carbons (Fsp3) is 0.333. The minimum Gasteiger partial charge on any atom is -0.493 e. The van der Waals surface area contributed by atoms with Gasteiger partial charge < -0.3 is 14.8 Å². The van der Waals surface area contributed by atoms with E-state index < -0.39 is 0 Å². The van der Waals surface area contributed by atoms with Gasteiger partial charge in [-0.1, -0.05) is 29.8 Å². The highest BCUT2D eigenvalue weighted by Gasteiger charge is 2.19. The molecule has 1 heterocycles. The molecular weight excluding hydrogens is 262 g/mol. The molecule has 0 spiro atoms. The summed E-state index contributed by atoms with van der Waals surface area (Å²) in [6.07, 6.45) is 1.05. The Balaban J connectivity index is 2.23. The summed E-state index contributed by atoms with van der Waals surface area (Å²) in [7, 11) is 3.38. The second-order valence-electron chi connectivity index (χ2n) is 5.42. The number of hydrogen-bond acceptors (Lipinski definition) is 3. The van der Waals surface area contributed by atoms with Crippen LogP contribution in [-0.4, -0.2) is 20.8 Å². The zero-order chi connectivity index (χ0) is 14.8. The van der Waals surface area contributed by atoms with Crippen molar-refractivity contribution in [1.82, 2.24) is 5.32 Å². The van der Waals surface area contributed by atoms with Gasteiger partial charge in [0.05, 0.1) is 14.2 Å². The van der Waals surface area contributed by atoms with E-state index in [1.165, 1.54) is 22.3 Å². The van der Waals surface area contributed by atoms with Crippen molar-refractivity contribution < 1.29 is 9.47 Å². The summed E-state index contributed by atoms with van der Waals surface area (Å²) in [5, 5.41) is 3.44. The van der Waals surface area contributed by atoms with Crippen molar-refractivity contribution in [2.24, 2.45) is 0 Å². The van der Waals surface area contributed by atoms with Gasteiger partial charge in [0.2, 0.25) is 0 Å². The minimum atomic E-state index is 0.777. The lowest BCUT2D eigenvalue weighted by atomic mass is 9.89. The number of fused-ring (bicyclic) bond motifs is 1. The number of ether oxygens (including phenoxy) is 2. The number of aryl methyl sites for hydroxylation is 1. The van der Waals surface area contributed by atoms with Crippen LogP contribution < -0.4 is 14.8 Å². The highest BCUT2D eigenvalue weighted by Crippen LogP contribution is 2.40. The Morgan fingerprint density at radius 1 is 1.05 bits per heavy atom. The van der Waals surface area contributed by atoms with Crippen molar-refractivity contribution in [1.29, 1.82) is 0 Å². The van der Waals surface area contributed by atoms with Crippen LogP contribution in [0.1, 0.15) is 16.7 Å².